The SMILES string of the molecule is CC12CCCC(C1)SC2. The Balaban J connectivity index is 2.13. The van der Waals surface area contributed by atoms with E-state index >= 15 is 0 Å². The summed E-state index contributed by atoms with van der Waals surface area (Å²) in [5.41, 5.74) is 0.758. The Morgan fingerprint density at radius 2 is 2.44 bits per heavy atom. The van der Waals surface area contributed by atoms with Gasteiger partial charge in [0.05, 0.1) is 0 Å². The van der Waals surface area contributed by atoms with Crippen LogP contribution in [0.25, 0.3) is 0 Å². The second kappa shape index (κ2) is 1.91. The Kier molecular flexibility index (Phi) is 1.29. The summed E-state index contributed by atoms with van der Waals surface area (Å²) >= 11 is 2.21. The summed E-state index contributed by atoms with van der Waals surface area (Å²) in [7, 11) is 0. The second-order valence-corrected chi connectivity index (χ2v) is 5.13. The highest BCUT2D eigenvalue weighted by molar-refractivity contribution is 8.00. The highest BCUT2D eigenvalue weighted by Gasteiger charge is 2.38. The summed E-state index contributed by atoms with van der Waals surface area (Å²) in [4.78, 5) is 0. The van der Waals surface area contributed by atoms with Gasteiger partial charge in [-0.15, -0.1) is 0 Å². The zero-order valence-electron chi connectivity index (χ0n) is 6.02. The van der Waals surface area contributed by atoms with Crippen molar-refractivity contribution < 1.29 is 0 Å². The monoisotopic (exact) mass is 142 g/mol. The largest absolute Gasteiger partial charge is 0.158 e. The van der Waals surface area contributed by atoms with Gasteiger partial charge in [-0.1, -0.05) is 13.3 Å². The van der Waals surface area contributed by atoms with Crippen LogP contribution in [0.1, 0.15) is 32.6 Å². The first-order valence-electron chi connectivity index (χ1n) is 3.90. The molecule has 0 amide bonds. The molecule has 0 aromatic carbocycles. The van der Waals surface area contributed by atoms with E-state index < -0.39 is 0 Å². The van der Waals surface area contributed by atoms with Gasteiger partial charge in [0, 0.05) is 5.25 Å². The zero-order valence-corrected chi connectivity index (χ0v) is 6.84. The Hall–Kier alpha value is 0.350. The van der Waals surface area contributed by atoms with Crippen LogP contribution in [-0.4, -0.2) is 11.0 Å². The van der Waals surface area contributed by atoms with Crippen LogP contribution in [0.3, 0.4) is 0 Å². The lowest BCUT2D eigenvalue weighted by Gasteiger charge is -2.27. The van der Waals surface area contributed by atoms with Gasteiger partial charge in [-0.25, -0.2) is 0 Å². The molecule has 52 valence electrons. The van der Waals surface area contributed by atoms with E-state index in [1.807, 2.05) is 0 Å². The molecule has 1 saturated heterocycles. The summed E-state index contributed by atoms with van der Waals surface area (Å²) in [6.45, 7) is 2.46. The minimum atomic E-state index is 0.758. The lowest BCUT2D eigenvalue weighted by molar-refractivity contribution is 0.277. The van der Waals surface area contributed by atoms with Gasteiger partial charge in [0.1, 0.15) is 0 Å². The molecule has 1 heteroatoms. The van der Waals surface area contributed by atoms with E-state index in [4.69, 9.17) is 0 Å². The van der Waals surface area contributed by atoms with Crippen molar-refractivity contribution in [2.24, 2.45) is 5.41 Å². The Bertz CT molecular complexity index is 118. The zero-order chi connectivity index (χ0) is 6.32. The third-order valence-corrected chi connectivity index (χ3v) is 4.43. The van der Waals surface area contributed by atoms with Gasteiger partial charge < -0.3 is 0 Å². The maximum absolute atomic E-state index is 2.46. The van der Waals surface area contributed by atoms with Gasteiger partial charge in [0.2, 0.25) is 0 Å². The van der Waals surface area contributed by atoms with Crippen molar-refractivity contribution in [1.82, 2.24) is 0 Å². The van der Waals surface area contributed by atoms with Crippen LogP contribution < -0.4 is 0 Å². The molecular formula is C8H14S. The van der Waals surface area contributed by atoms with Crippen LogP contribution in [0, 0.1) is 5.41 Å². The average Bonchev–Trinajstić information content (AvgIpc) is 2.07. The van der Waals surface area contributed by atoms with E-state index in [2.05, 4.69) is 18.7 Å². The van der Waals surface area contributed by atoms with Crippen LogP contribution in [0.4, 0.5) is 0 Å². The number of hydrogen-bond acceptors (Lipinski definition) is 1. The van der Waals surface area contributed by atoms with E-state index in [9.17, 15) is 0 Å². The Labute approximate surface area is 61.4 Å². The second-order valence-electron chi connectivity index (χ2n) is 3.84. The van der Waals surface area contributed by atoms with Crippen molar-refractivity contribution in [2.45, 2.75) is 37.9 Å². The summed E-state index contributed by atoms with van der Waals surface area (Å²) in [5.74, 6) is 1.44. The van der Waals surface area contributed by atoms with Crippen LogP contribution in [0.15, 0.2) is 0 Å². The first-order valence-corrected chi connectivity index (χ1v) is 4.95. The fourth-order valence-electron chi connectivity index (χ4n) is 2.10. The smallest absolute Gasteiger partial charge is 0.00527 e. The molecule has 1 saturated carbocycles. The number of hydrogen-bond donors (Lipinski definition) is 0. The molecule has 1 aliphatic heterocycles. The maximum atomic E-state index is 2.46. The van der Waals surface area contributed by atoms with Crippen molar-refractivity contribution in [3.8, 4) is 0 Å². The predicted molar refractivity (Wildman–Crippen MR) is 42.8 cm³/mol. The Morgan fingerprint density at radius 3 is 3.11 bits per heavy atom. The molecular weight excluding hydrogens is 128 g/mol. The van der Waals surface area contributed by atoms with Crippen molar-refractivity contribution in [3.63, 3.8) is 0 Å². The van der Waals surface area contributed by atoms with E-state index in [1.165, 1.54) is 31.4 Å². The first-order chi connectivity index (χ1) is 4.29. The van der Waals surface area contributed by atoms with Gasteiger partial charge in [0.25, 0.3) is 0 Å². The highest BCUT2D eigenvalue weighted by atomic mass is 32.2. The molecule has 0 nitrogen and oxygen atoms in total. The quantitative estimate of drug-likeness (QED) is 0.501. The van der Waals surface area contributed by atoms with Gasteiger partial charge in [0.15, 0.2) is 0 Å². The molecule has 9 heavy (non-hydrogen) atoms. The van der Waals surface area contributed by atoms with Crippen LogP contribution in [0.5, 0.6) is 0 Å². The van der Waals surface area contributed by atoms with E-state index in [0.717, 1.165) is 10.7 Å². The molecule has 1 aliphatic carbocycles. The third-order valence-electron chi connectivity index (χ3n) is 2.69. The lowest BCUT2D eigenvalue weighted by Crippen LogP contribution is -2.20. The molecule has 0 aromatic rings. The van der Waals surface area contributed by atoms with Crippen LogP contribution in [0.2, 0.25) is 0 Å². The highest BCUT2D eigenvalue weighted by Crippen LogP contribution is 2.49. The summed E-state index contributed by atoms with van der Waals surface area (Å²) in [5, 5.41) is 1.05. The molecule has 2 atom stereocenters. The third kappa shape index (κ3) is 1.000. The molecule has 2 unspecified atom stereocenters. The van der Waals surface area contributed by atoms with Gasteiger partial charge in [-0.3, -0.25) is 0 Å². The minimum absolute atomic E-state index is 0.758. The predicted octanol–water partition coefficient (Wildman–Crippen LogP) is 2.68. The van der Waals surface area contributed by atoms with E-state index in [1.54, 1.807) is 0 Å². The average molecular weight is 142 g/mol. The standard InChI is InChI=1S/C8H14S/c1-8-4-2-3-7(5-8)9-6-8/h7H,2-6H2,1H3. The number of rotatable bonds is 0. The molecule has 2 fully saturated rings. The summed E-state index contributed by atoms with van der Waals surface area (Å²) in [6, 6.07) is 0. The fourth-order valence-corrected chi connectivity index (χ4v) is 3.86. The van der Waals surface area contributed by atoms with E-state index in [0.29, 0.717) is 0 Å². The van der Waals surface area contributed by atoms with Crippen LogP contribution in [-0.2, 0) is 0 Å². The van der Waals surface area contributed by atoms with Gasteiger partial charge in [-0.2, -0.15) is 11.8 Å². The van der Waals surface area contributed by atoms with Gasteiger partial charge in [-0.05, 0) is 30.4 Å². The molecule has 0 aromatic heterocycles. The fraction of sp³-hybridized carbons (Fsp3) is 1.00. The molecule has 2 bridgehead atoms. The molecule has 0 N–H and O–H groups in total. The normalized spacial score (nSPS) is 49.7. The van der Waals surface area contributed by atoms with Crippen LogP contribution >= 0.6 is 11.8 Å². The summed E-state index contributed by atoms with van der Waals surface area (Å²) in [6.07, 6.45) is 6.00. The van der Waals surface area contributed by atoms with Crippen molar-refractivity contribution in [2.75, 3.05) is 5.75 Å². The van der Waals surface area contributed by atoms with Crippen molar-refractivity contribution >= 4 is 11.8 Å². The molecule has 2 aliphatic rings. The molecule has 0 spiro atoms. The Morgan fingerprint density at radius 1 is 1.56 bits per heavy atom. The number of thioether (sulfide) groups is 1. The first kappa shape index (κ1) is 6.09. The lowest BCUT2D eigenvalue weighted by atomic mass is 9.78. The molecule has 2 rings (SSSR count). The molecule has 0 radical (unpaired) electrons. The van der Waals surface area contributed by atoms with Gasteiger partial charge >= 0.3 is 0 Å². The minimum Gasteiger partial charge on any atom is -0.158 e. The number of fused-ring (bicyclic) bond motifs is 2. The van der Waals surface area contributed by atoms with Crippen molar-refractivity contribution in [3.05, 3.63) is 0 Å². The maximum Gasteiger partial charge on any atom is 0.00527 e. The molecule has 1 heterocycles. The topological polar surface area (TPSA) is 0 Å². The van der Waals surface area contributed by atoms with E-state index in [-0.39, 0.29) is 0 Å². The van der Waals surface area contributed by atoms with Crippen molar-refractivity contribution in [1.29, 1.82) is 0 Å². The summed E-state index contributed by atoms with van der Waals surface area (Å²) < 4.78 is 0.